The summed E-state index contributed by atoms with van der Waals surface area (Å²) in [5.41, 5.74) is 4.52. The van der Waals surface area contributed by atoms with Crippen molar-refractivity contribution in [1.29, 1.82) is 0 Å². The van der Waals surface area contributed by atoms with Gasteiger partial charge in [0.15, 0.2) is 0 Å². The third kappa shape index (κ3) is 4.83. The molecule has 1 saturated heterocycles. The number of aromatic amines is 1. The first-order valence-electron chi connectivity index (χ1n) is 11.4. The normalized spacial score (nSPS) is 17.2. The van der Waals surface area contributed by atoms with Crippen molar-refractivity contribution in [2.24, 2.45) is 0 Å². The van der Waals surface area contributed by atoms with Crippen molar-refractivity contribution in [3.8, 4) is 10.4 Å². The van der Waals surface area contributed by atoms with Crippen LogP contribution < -0.4 is 0 Å². The number of carbonyl (C=O) groups is 1. The lowest BCUT2D eigenvalue weighted by Crippen LogP contribution is -2.56. The summed E-state index contributed by atoms with van der Waals surface area (Å²) in [6.07, 6.45) is 5.49. The maximum absolute atomic E-state index is 13.4. The Kier molecular flexibility index (Phi) is 6.49. The molecule has 0 radical (unpaired) electrons. The topological polar surface area (TPSA) is 52.2 Å². The Morgan fingerprint density at radius 2 is 1.97 bits per heavy atom. The average molecular weight is 479 g/mol. The first-order chi connectivity index (χ1) is 16.1. The molecule has 1 atom stereocenters. The molecule has 1 amide bonds. The zero-order valence-corrected chi connectivity index (χ0v) is 20.2. The highest BCUT2D eigenvalue weighted by Gasteiger charge is 2.34. The van der Waals surface area contributed by atoms with E-state index in [1.165, 1.54) is 16.0 Å². The third-order valence-corrected chi connectivity index (χ3v) is 7.57. The van der Waals surface area contributed by atoms with Gasteiger partial charge in [-0.25, -0.2) is 0 Å². The Labute approximate surface area is 203 Å². The maximum atomic E-state index is 13.4. The smallest absolute Gasteiger partial charge is 0.240 e. The van der Waals surface area contributed by atoms with Gasteiger partial charge in [0.05, 0.1) is 16.9 Å². The molecule has 3 aromatic heterocycles. The van der Waals surface area contributed by atoms with Gasteiger partial charge >= 0.3 is 0 Å². The van der Waals surface area contributed by atoms with E-state index in [0.29, 0.717) is 6.54 Å². The summed E-state index contributed by atoms with van der Waals surface area (Å²) >= 11 is 7.67. The number of piperazine rings is 1. The summed E-state index contributed by atoms with van der Waals surface area (Å²) in [7, 11) is 0. The van der Waals surface area contributed by atoms with Crippen molar-refractivity contribution < 1.29 is 4.79 Å². The van der Waals surface area contributed by atoms with Crippen LogP contribution in [0.5, 0.6) is 0 Å². The molecular weight excluding hydrogens is 452 g/mol. The molecular formula is C26H27ClN4OS. The third-order valence-electron chi connectivity index (χ3n) is 6.29. The lowest BCUT2D eigenvalue weighted by atomic mass is 10.0. The molecule has 4 aromatic rings. The van der Waals surface area contributed by atoms with Gasteiger partial charge in [-0.05, 0) is 41.8 Å². The summed E-state index contributed by atoms with van der Waals surface area (Å²) < 4.78 is 0.803. The van der Waals surface area contributed by atoms with E-state index >= 15 is 0 Å². The quantitative estimate of drug-likeness (QED) is 0.356. The first kappa shape index (κ1) is 22.1. The minimum absolute atomic E-state index is 0.0782. The Hall–Kier alpha value is -2.67. The summed E-state index contributed by atoms with van der Waals surface area (Å²) in [6, 6.07) is 16.6. The lowest BCUT2D eigenvalue weighted by Gasteiger charge is -2.40. The number of H-pyrrole nitrogens is 1. The highest BCUT2D eigenvalue weighted by Crippen LogP contribution is 2.31. The molecule has 1 aliphatic heterocycles. The summed E-state index contributed by atoms with van der Waals surface area (Å²) in [5.74, 6) is 0.227. The number of fused-ring (bicyclic) bond motifs is 1. The summed E-state index contributed by atoms with van der Waals surface area (Å²) in [4.78, 5) is 26.5. The van der Waals surface area contributed by atoms with E-state index in [1.807, 2.05) is 23.2 Å². The van der Waals surface area contributed by atoms with Crippen LogP contribution in [0.15, 0.2) is 60.9 Å². The van der Waals surface area contributed by atoms with Gasteiger partial charge < -0.3 is 9.88 Å². The molecule has 0 aliphatic carbocycles. The number of amides is 1. The molecule has 1 fully saturated rings. The van der Waals surface area contributed by atoms with Crippen molar-refractivity contribution in [1.82, 2.24) is 19.8 Å². The average Bonchev–Trinajstić information content (AvgIpc) is 3.44. The van der Waals surface area contributed by atoms with E-state index in [2.05, 4.69) is 58.2 Å². The molecule has 5 rings (SSSR count). The summed E-state index contributed by atoms with van der Waals surface area (Å²) in [6.45, 7) is 5.16. The van der Waals surface area contributed by atoms with E-state index in [4.69, 9.17) is 11.6 Å². The fourth-order valence-corrected chi connectivity index (χ4v) is 5.66. The fourth-order valence-electron chi connectivity index (χ4n) is 4.61. The molecule has 170 valence electrons. The van der Waals surface area contributed by atoms with Gasteiger partial charge in [0.25, 0.3) is 0 Å². The summed E-state index contributed by atoms with van der Waals surface area (Å²) in [5, 5.41) is 1.08. The second-order valence-corrected chi connectivity index (χ2v) is 10.3. The Morgan fingerprint density at radius 3 is 2.70 bits per heavy atom. The molecule has 1 N–H and O–H groups in total. The van der Waals surface area contributed by atoms with E-state index in [9.17, 15) is 4.79 Å². The van der Waals surface area contributed by atoms with Crippen LogP contribution in [0.4, 0.5) is 0 Å². The van der Waals surface area contributed by atoms with Crippen molar-refractivity contribution in [2.75, 3.05) is 13.1 Å². The molecule has 4 heterocycles. The molecule has 1 aliphatic rings. The monoisotopic (exact) mass is 478 g/mol. The Bertz CT molecular complexity index is 1220. The van der Waals surface area contributed by atoms with E-state index in [-0.39, 0.29) is 11.9 Å². The highest BCUT2D eigenvalue weighted by atomic mass is 35.5. The zero-order valence-electron chi connectivity index (χ0n) is 18.6. The zero-order chi connectivity index (χ0) is 22.8. The van der Waals surface area contributed by atoms with Gasteiger partial charge in [-0.2, -0.15) is 0 Å². The fraction of sp³-hybridized carbons (Fsp3) is 0.308. The van der Waals surface area contributed by atoms with Crippen LogP contribution in [0.25, 0.3) is 21.3 Å². The predicted molar refractivity (Wildman–Crippen MR) is 135 cm³/mol. The number of nitrogens with one attached hydrogen (secondary N) is 1. The van der Waals surface area contributed by atoms with Crippen LogP contribution in [0.2, 0.25) is 4.34 Å². The number of nitrogens with zero attached hydrogens (tertiary/aromatic N) is 3. The number of pyridine rings is 1. The van der Waals surface area contributed by atoms with E-state index < -0.39 is 0 Å². The van der Waals surface area contributed by atoms with E-state index in [1.54, 1.807) is 17.5 Å². The predicted octanol–water partition coefficient (Wildman–Crippen LogP) is 5.96. The van der Waals surface area contributed by atoms with Gasteiger partial charge in [0.1, 0.15) is 0 Å². The minimum atomic E-state index is -0.0782. The minimum Gasteiger partial charge on any atom is -0.357 e. The molecule has 0 bridgehead atoms. The first-order valence-corrected chi connectivity index (χ1v) is 12.6. The van der Waals surface area contributed by atoms with Crippen LogP contribution in [-0.4, -0.2) is 44.8 Å². The number of hydrogen-bond donors (Lipinski definition) is 1. The number of halogens is 1. The van der Waals surface area contributed by atoms with Crippen LogP contribution in [0.3, 0.4) is 0 Å². The SMILES string of the molecule is CCCC1C(=O)N(Cc2cc3cnccc3[nH]2)CCN1Cc1ccc(-c2ccc(Cl)s2)cc1. The lowest BCUT2D eigenvalue weighted by molar-refractivity contribution is -0.143. The Balaban J connectivity index is 1.27. The second kappa shape index (κ2) is 9.67. The van der Waals surface area contributed by atoms with Gasteiger partial charge in [-0.3, -0.25) is 14.7 Å². The van der Waals surface area contributed by atoms with Gasteiger partial charge in [0, 0.05) is 53.5 Å². The second-order valence-electron chi connectivity index (χ2n) is 8.59. The molecule has 0 saturated carbocycles. The van der Waals surface area contributed by atoms with Gasteiger partial charge in [-0.15, -0.1) is 11.3 Å². The number of carbonyl (C=O) groups excluding carboxylic acids is 1. The van der Waals surface area contributed by atoms with Crippen molar-refractivity contribution >= 4 is 39.7 Å². The molecule has 5 nitrogen and oxygen atoms in total. The highest BCUT2D eigenvalue weighted by molar-refractivity contribution is 7.19. The van der Waals surface area contributed by atoms with Crippen LogP contribution in [0, 0.1) is 0 Å². The van der Waals surface area contributed by atoms with Crippen molar-refractivity contribution in [3.63, 3.8) is 0 Å². The van der Waals surface area contributed by atoms with Crippen LogP contribution >= 0.6 is 22.9 Å². The largest absolute Gasteiger partial charge is 0.357 e. The maximum Gasteiger partial charge on any atom is 0.240 e. The van der Waals surface area contributed by atoms with Crippen LogP contribution in [0.1, 0.15) is 31.0 Å². The van der Waals surface area contributed by atoms with Crippen molar-refractivity contribution in [3.05, 3.63) is 76.5 Å². The standard InChI is InChI=1S/C26H27ClN4OS/c1-2-3-23-26(32)31(17-21-14-20-15-28-11-10-22(20)29-21)13-12-30(23)16-18-4-6-19(7-5-18)24-8-9-25(27)33-24/h4-11,14-15,23,29H,2-3,12-13,16-17H2,1H3. The number of hydrogen-bond acceptors (Lipinski definition) is 4. The number of thiophene rings is 1. The van der Waals surface area contributed by atoms with Crippen molar-refractivity contribution in [2.45, 2.75) is 38.9 Å². The number of rotatable bonds is 7. The molecule has 7 heteroatoms. The molecule has 33 heavy (non-hydrogen) atoms. The van der Waals surface area contributed by atoms with E-state index in [0.717, 1.165) is 53.4 Å². The number of benzene rings is 1. The van der Waals surface area contributed by atoms with Crippen LogP contribution in [-0.2, 0) is 17.9 Å². The molecule has 0 spiro atoms. The van der Waals surface area contributed by atoms with Gasteiger partial charge in [0.2, 0.25) is 5.91 Å². The Morgan fingerprint density at radius 1 is 1.12 bits per heavy atom. The molecule has 1 aromatic carbocycles. The van der Waals surface area contributed by atoms with Gasteiger partial charge in [-0.1, -0.05) is 49.2 Å². The molecule has 1 unspecified atom stereocenters. The number of aromatic nitrogens is 2.